The summed E-state index contributed by atoms with van der Waals surface area (Å²) in [7, 11) is -3.69. The van der Waals surface area contributed by atoms with Crippen molar-refractivity contribution in [3.63, 3.8) is 0 Å². The summed E-state index contributed by atoms with van der Waals surface area (Å²) >= 11 is 0. The van der Waals surface area contributed by atoms with E-state index in [0.29, 0.717) is 17.3 Å². The van der Waals surface area contributed by atoms with Crippen LogP contribution in [0.5, 0.6) is 0 Å². The van der Waals surface area contributed by atoms with Crippen molar-refractivity contribution in [3.8, 4) is 0 Å². The lowest BCUT2D eigenvalue weighted by Gasteiger charge is -2.16. The summed E-state index contributed by atoms with van der Waals surface area (Å²) < 4.78 is 28.4. The summed E-state index contributed by atoms with van der Waals surface area (Å²) in [6.07, 6.45) is 3.12. The first-order valence-corrected chi connectivity index (χ1v) is 10.7. The largest absolute Gasteiger partial charge is 0.312 e. The first-order valence-electron chi connectivity index (χ1n) is 9.19. The third kappa shape index (κ3) is 3.50. The molecule has 2 heterocycles. The number of sulfonamides is 1. The highest BCUT2D eigenvalue weighted by Gasteiger charge is 2.22. The van der Waals surface area contributed by atoms with Crippen molar-refractivity contribution in [2.45, 2.75) is 31.2 Å². The molecule has 144 valence electrons. The molecule has 1 N–H and O–H groups in total. The topological polar surface area (TPSA) is 79.4 Å². The van der Waals surface area contributed by atoms with Gasteiger partial charge in [0.25, 0.3) is 0 Å². The van der Waals surface area contributed by atoms with Gasteiger partial charge in [0.15, 0.2) is 0 Å². The fourth-order valence-corrected chi connectivity index (χ4v) is 4.71. The zero-order valence-corrected chi connectivity index (χ0v) is 16.4. The van der Waals surface area contributed by atoms with E-state index in [1.54, 1.807) is 35.4 Å². The van der Waals surface area contributed by atoms with Gasteiger partial charge in [-0.15, -0.1) is 0 Å². The number of carbonyl (C=O) groups excluding carboxylic acids is 1. The molecule has 4 rings (SSSR count). The van der Waals surface area contributed by atoms with Crippen molar-refractivity contribution < 1.29 is 13.2 Å². The Morgan fingerprint density at radius 1 is 1.11 bits per heavy atom. The number of carbonyl (C=O) groups is 1. The second-order valence-electron chi connectivity index (χ2n) is 6.92. The molecule has 3 aromatic rings. The molecule has 28 heavy (non-hydrogen) atoms. The zero-order valence-electron chi connectivity index (χ0n) is 15.6. The molecule has 0 radical (unpaired) electrons. The normalized spacial score (nSPS) is 14.8. The number of fused-ring (bicyclic) bond motifs is 1. The average Bonchev–Trinajstić information content (AvgIpc) is 3.13. The van der Waals surface area contributed by atoms with Crippen LogP contribution < -0.4 is 9.62 Å². The second-order valence-corrected chi connectivity index (χ2v) is 8.66. The summed E-state index contributed by atoms with van der Waals surface area (Å²) in [6, 6.07) is 14.3. The smallest absolute Gasteiger partial charge is 0.241 e. The van der Waals surface area contributed by atoms with Crippen molar-refractivity contribution >= 4 is 32.5 Å². The van der Waals surface area contributed by atoms with Crippen molar-refractivity contribution in [1.82, 2.24) is 9.71 Å². The van der Waals surface area contributed by atoms with Gasteiger partial charge in [0, 0.05) is 36.8 Å². The van der Waals surface area contributed by atoms with Crippen LogP contribution in [0.1, 0.15) is 24.0 Å². The van der Waals surface area contributed by atoms with E-state index in [1.807, 2.05) is 31.2 Å². The van der Waals surface area contributed by atoms with Gasteiger partial charge >= 0.3 is 0 Å². The molecule has 1 aliphatic rings. The molecule has 0 atom stereocenters. The van der Waals surface area contributed by atoms with Gasteiger partial charge in [0.1, 0.15) is 0 Å². The molecule has 0 spiro atoms. The number of aryl methyl sites for hydroxylation is 1. The average molecular weight is 395 g/mol. The van der Waals surface area contributed by atoms with Gasteiger partial charge in [0.05, 0.1) is 10.4 Å². The van der Waals surface area contributed by atoms with Crippen LogP contribution in [0, 0.1) is 6.92 Å². The highest BCUT2D eigenvalue weighted by atomic mass is 32.2. The summed E-state index contributed by atoms with van der Waals surface area (Å²) in [5, 5.41) is 0.609. The van der Waals surface area contributed by atoms with Crippen molar-refractivity contribution in [3.05, 3.63) is 65.9 Å². The molecule has 0 bridgehead atoms. The van der Waals surface area contributed by atoms with Crippen LogP contribution >= 0.6 is 0 Å². The minimum Gasteiger partial charge on any atom is -0.312 e. The molecule has 1 amide bonds. The number of benzene rings is 2. The van der Waals surface area contributed by atoms with Gasteiger partial charge in [-0.3, -0.25) is 9.78 Å². The quantitative estimate of drug-likeness (QED) is 0.720. The van der Waals surface area contributed by atoms with Crippen LogP contribution in [0.2, 0.25) is 0 Å². The van der Waals surface area contributed by atoms with Gasteiger partial charge in [-0.25, -0.2) is 13.1 Å². The third-order valence-corrected chi connectivity index (χ3v) is 6.47. The Bertz CT molecular complexity index is 1140. The van der Waals surface area contributed by atoms with Crippen molar-refractivity contribution in [2.24, 2.45) is 0 Å². The molecular weight excluding hydrogens is 374 g/mol. The number of amides is 1. The maximum atomic E-state index is 12.9. The number of hydrogen-bond acceptors (Lipinski definition) is 4. The molecule has 6 nitrogen and oxygen atoms in total. The zero-order chi connectivity index (χ0) is 19.7. The predicted molar refractivity (Wildman–Crippen MR) is 109 cm³/mol. The number of rotatable bonds is 5. The molecule has 0 aliphatic carbocycles. The van der Waals surface area contributed by atoms with E-state index in [0.717, 1.165) is 29.8 Å². The monoisotopic (exact) mass is 395 g/mol. The van der Waals surface area contributed by atoms with E-state index in [9.17, 15) is 13.2 Å². The van der Waals surface area contributed by atoms with Crippen molar-refractivity contribution in [2.75, 3.05) is 11.4 Å². The molecule has 1 aromatic heterocycles. The summed E-state index contributed by atoms with van der Waals surface area (Å²) in [6.45, 7) is 2.82. The third-order valence-electron chi connectivity index (χ3n) is 5.01. The van der Waals surface area contributed by atoms with Crippen molar-refractivity contribution in [1.29, 1.82) is 0 Å². The van der Waals surface area contributed by atoms with E-state index in [1.165, 1.54) is 0 Å². The minimum atomic E-state index is -3.69. The standard InChI is InChI=1S/C21H21N3O3S/c1-15-6-11-19(18-4-2-12-22-21(15)18)28(26,27)23-14-16-7-9-17(10-8-16)24-13-3-5-20(24)25/h2,4,6-12,23H,3,5,13-14H2,1H3. The Morgan fingerprint density at radius 3 is 2.61 bits per heavy atom. The molecule has 1 aliphatic heterocycles. The van der Waals surface area contributed by atoms with E-state index >= 15 is 0 Å². The molecular formula is C21H21N3O3S. The van der Waals surface area contributed by atoms with Crippen LogP contribution in [0.3, 0.4) is 0 Å². The van der Waals surface area contributed by atoms with Gasteiger partial charge in [0.2, 0.25) is 15.9 Å². The fourth-order valence-electron chi connectivity index (χ4n) is 3.49. The van der Waals surface area contributed by atoms with Crippen LogP contribution in [0.25, 0.3) is 10.9 Å². The molecule has 7 heteroatoms. The first-order chi connectivity index (χ1) is 13.5. The number of hydrogen-bond donors (Lipinski definition) is 1. The lowest BCUT2D eigenvalue weighted by atomic mass is 10.1. The Balaban J connectivity index is 1.53. The number of aromatic nitrogens is 1. The van der Waals surface area contributed by atoms with E-state index in [2.05, 4.69) is 9.71 Å². The first kappa shape index (κ1) is 18.6. The van der Waals surface area contributed by atoms with E-state index in [-0.39, 0.29) is 17.3 Å². The number of anilines is 1. The van der Waals surface area contributed by atoms with Crippen LogP contribution in [0.15, 0.2) is 59.6 Å². The number of pyridine rings is 1. The van der Waals surface area contributed by atoms with Gasteiger partial charge in [-0.1, -0.05) is 18.2 Å². The highest BCUT2D eigenvalue weighted by molar-refractivity contribution is 7.89. The van der Waals surface area contributed by atoms with Crippen LogP contribution in [-0.2, 0) is 21.4 Å². The Hall–Kier alpha value is -2.77. The molecule has 2 aromatic carbocycles. The van der Waals surface area contributed by atoms with E-state index in [4.69, 9.17) is 0 Å². The maximum absolute atomic E-state index is 12.9. The number of nitrogens with zero attached hydrogens (tertiary/aromatic N) is 2. The van der Waals surface area contributed by atoms with E-state index < -0.39 is 10.0 Å². The summed E-state index contributed by atoms with van der Waals surface area (Å²) in [4.78, 5) is 18.1. The Morgan fingerprint density at radius 2 is 1.89 bits per heavy atom. The minimum absolute atomic E-state index is 0.133. The molecule has 1 saturated heterocycles. The molecule has 0 saturated carbocycles. The fraction of sp³-hybridized carbons (Fsp3) is 0.238. The summed E-state index contributed by atoms with van der Waals surface area (Å²) in [5.41, 5.74) is 3.30. The highest BCUT2D eigenvalue weighted by Crippen LogP contribution is 2.25. The van der Waals surface area contributed by atoms with Gasteiger partial charge < -0.3 is 4.90 Å². The molecule has 1 fully saturated rings. The van der Waals surface area contributed by atoms with Crippen LogP contribution in [0.4, 0.5) is 5.69 Å². The predicted octanol–water partition coefficient (Wildman–Crippen LogP) is 3.15. The Kier molecular flexibility index (Phi) is 4.87. The SMILES string of the molecule is Cc1ccc(S(=O)(=O)NCc2ccc(N3CCCC3=O)cc2)c2cccnc12. The van der Waals surface area contributed by atoms with Gasteiger partial charge in [-0.2, -0.15) is 0 Å². The summed E-state index contributed by atoms with van der Waals surface area (Å²) in [5.74, 6) is 0.133. The lowest BCUT2D eigenvalue weighted by molar-refractivity contribution is -0.117. The van der Waals surface area contributed by atoms with Crippen LogP contribution in [-0.4, -0.2) is 25.9 Å². The lowest BCUT2D eigenvalue weighted by Crippen LogP contribution is -2.24. The number of nitrogens with one attached hydrogen (secondary N) is 1. The Labute approximate surface area is 164 Å². The second kappa shape index (κ2) is 7.33. The van der Waals surface area contributed by atoms with Gasteiger partial charge in [-0.05, 0) is 54.8 Å². The maximum Gasteiger partial charge on any atom is 0.241 e. The molecule has 0 unspecified atom stereocenters.